The first-order chi connectivity index (χ1) is 9.08. The average molecular weight is 272 g/mol. The number of nitrogens with zero attached hydrogens (tertiary/aromatic N) is 1. The van der Waals surface area contributed by atoms with E-state index in [9.17, 15) is 9.59 Å². The summed E-state index contributed by atoms with van der Waals surface area (Å²) in [6, 6.07) is -1.13. The van der Waals surface area contributed by atoms with E-state index in [1.54, 1.807) is 4.90 Å². The molecule has 0 radical (unpaired) electrons. The molecule has 0 saturated carbocycles. The van der Waals surface area contributed by atoms with E-state index in [1.165, 1.54) is 0 Å². The molecule has 1 aliphatic heterocycles. The predicted molar refractivity (Wildman–Crippen MR) is 71.1 cm³/mol. The van der Waals surface area contributed by atoms with Gasteiger partial charge in [-0.25, -0.2) is 9.59 Å². The van der Waals surface area contributed by atoms with Crippen molar-refractivity contribution < 1.29 is 19.4 Å². The van der Waals surface area contributed by atoms with Crippen molar-refractivity contribution in [1.82, 2.24) is 10.2 Å². The van der Waals surface area contributed by atoms with E-state index in [1.807, 2.05) is 13.8 Å². The van der Waals surface area contributed by atoms with Crippen LogP contribution in [0.3, 0.4) is 0 Å². The molecule has 1 unspecified atom stereocenters. The Balaban J connectivity index is 2.49. The van der Waals surface area contributed by atoms with E-state index in [0.29, 0.717) is 19.5 Å². The average Bonchev–Trinajstić information content (AvgIpc) is 2.87. The Hall–Kier alpha value is -1.30. The van der Waals surface area contributed by atoms with Gasteiger partial charge in [-0.15, -0.1) is 0 Å². The lowest BCUT2D eigenvalue weighted by molar-refractivity contribution is -0.139. The maximum atomic E-state index is 12.0. The van der Waals surface area contributed by atoms with Crippen molar-refractivity contribution in [2.75, 3.05) is 19.7 Å². The molecule has 0 aromatic carbocycles. The Morgan fingerprint density at radius 3 is 2.68 bits per heavy atom. The SMILES string of the molecule is CCC[C@@H](NC(=O)N(CC)CC1CCCO1)C(=O)O. The van der Waals surface area contributed by atoms with E-state index < -0.39 is 12.0 Å². The van der Waals surface area contributed by atoms with Gasteiger partial charge in [-0.1, -0.05) is 13.3 Å². The molecule has 6 nitrogen and oxygen atoms in total. The number of hydrogen-bond acceptors (Lipinski definition) is 3. The minimum absolute atomic E-state index is 0.0835. The maximum absolute atomic E-state index is 12.0. The van der Waals surface area contributed by atoms with Gasteiger partial charge in [0.05, 0.1) is 6.10 Å². The monoisotopic (exact) mass is 272 g/mol. The molecule has 2 amide bonds. The van der Waals surface area contributed by atoms with E-state index in [0.717, 1.165) is 25.9 Å². The highest BCUT2D eigenvalue weighted by Crippen LogP contribution is 2.13. The molecule has 1 aliphatic rings. The fourth-order valence-corrected chi connectivity index (χ4v) is 2.18. The van der Waals surface area contributed by atoms with Gasteiger partial charge >= 0.3 is 12.0 Å². The van der Waals surface area contributed by atoms with E-state index in [4.69, 9.17) is 9.84 Å². The van der Waals surface area contributed by atoms with Gasteiger partial charge in [-0.3, -0.25) is 0 Å². The van der Waals surface area contributed by atoms with Crippen molar-refractivity contribution in [3.8, 4) is 0 Å². The Labute approximate surface area is 114 Å². The molecule has 19 heavy (non-hydrogen) atoms. The first-order valence-corrected chi connectivity index (χ1v) is 6.98. The normalized spacial score (nSPS) is 20.0. The highest BCUT2D eigenvalue weighted by molar-refractivity contribution is 5.82. The third-order valence-electron chi connectivity index (χ3n) is 3.29. The van der Waals surface area contributed by atoms with Crippen LogP contribution >= 0.6 is 0 Å². The first-order valence-electron chi connectivity index (χ1n) is 6.98. The maximum Gasteiger partial charge on any atom is 0.326 e. The zero-order valence-electron chi connectivity index (χ0n) is 11.7. The molecule has 0 spiro atoms. The van der Waals surface area contributed by atoms with E-state index in [2.05, 4.69) is 5.32 Å². The second-order valence-electron chi connectivity index (χ2n) is 4.80. The number of ether oxygens (including phenoxy) is 1. The lowest BCUT2D eigenvalue weighted by Gasteiger charge is -2.26. The van der Waals surface area contributed by atoms with E-state index in [-0.39, 0.29) is 12.1 Å². The molecular weight excluding hydrogens is 248 g/mol. The third kappa shape index (κ3) is 5.06. The number of urea groups is 1. The number of nitrogens with one attached hydrogen (secondary N) is 1. The smallest absolute Gasteiger partial charge is 0.326 e. The summed E-state index contributed by atoms with van der Waals surface area (Å²) in [6.45, 7) is 5.60. The molecule has 0 aliphatic carbocycles. The predicted octanol–water partition coefficient (Wildman–Crippen LogP) is 1.45. The molecular formula is C13H24N2O4. The van der Waals surface area contributed by atoms with Gasteiger partial charge in [0.15, 0.2) is 0 Å². The number of carbonyl (C=O) groups excluding carboxylic acids is 1. The molecule has 0 bridgehead atoms. The quantitative estimate of drug-likeness (QED) is 0.735. The summed E-state index contributed by atoms with van der Waals surface area (Å²) in [5, 5.41) is 11.6. The first kappa shape index (κ1) is 15.8. The number of likely N-dealkylation sites (N-methyl/N-ethyl adjacent to an activating group) is 1. The van der Waals surface area contributed by atoms with Crippen LogP contribution in [0.25, 0.3) is 0 Å². The van der Waals surface area contributed by atoms with Gasteiger partial charge in [-0.05, 0) is 26.2 Å². The molecule has 2 atom stereocenters. The summed E-state index contributed by atoms with van der Waals surface area (Å²) in [5.41, 5.74) is 0. The van der Waals surface area contributed by atoms with Crippen molar-refractivity contribution in [3.05, 3.63) is 0 Å². The topological polar surface area (TPSA) is 78.9 Å². The van der Waals surface area contributed by atoms with Crippen molar-refractivity contribution in [2.45, 2.75) is 51.7 Å². The van der Waals surface area contributed by atoms with Crippen LogP contribution in [0, 0.1) is 0 Å². The molecule has 6 heteroatoms. The van der Waals surface area contributed by atoms with Gasteiger partial charge in [0, 0.05) is 19.7 Å². The lowest BCUT2D eigenvalue weighted by Crippen LogP contribution is -2.49. The highest BCUT2D eigenvalue weighted by Gasteiger charge is 2.25. The Morgan fingerprint density at radius 2 is 2.21 bits per heavy atom. The van der Waals surface area contributed by atoms with E-state index >= 15 is 0 Å². The van der Waals surface area contributed by atoms with Crippen LogP contribution in [0.2, 0.25) is 0 Å². The molecule has 1 saturated heterocycles. The van der Waals surface area contributed by atoms with Crippen LogP contribution in [0.5, 0.6) is 0 Å². The van der Waals surface area contributed by atoms with Crippen molar-refractivity contribution in [1.29, 1.82) is 0 Å². The van der Waals surface area contributed by atoms with Gasteiger partial charge in [0.25, 0.3) is 0 Å². The van der Waals surface area contributed by atoms with Crippen molar-refractivity contribution in [2.24, 2.45) is 0 Å². The Kier molecular flexibility index (Phi) is 6.62. The molecule has 1 fully saturated rings. The van der Waals surface area contributed by atoms with Gasteiger partial charge in [0.2, 0.25) is 0 Å². The molecule has 110 valence electrons. The summed E-state index contributed by atoms with van der Waals surface area (Å²) >= 11 is 0. The molecule has 1 rings (SSSR count). The number of rotatable bonds is 7. The van der Waals surface area contributed by atoms with Crippen molar-refractivity contribution in [3.63, 3.8) is 0 Å². The fourth-order valence-electron chi connectivity index (χ4n) is 2.18. The fraction of sp³-hybridized carbons (Fsp3) is 0.846. The third-order valence-corrected chi connectivity index (χ3v) is 3.29. The molecule has 0 aromatic rings. The Bertz CT molecular complexity index is 303. The van der Waals surface area contributed by atoms with Crippen LogP contribution in [-0.2, 0) is 9.53 Å². The number of hydrogen-bond donors (Lipinski definition) is 2. The largest absolute Gasteiger partial charge is 0.480 e. The minimum Gasteiger partial charge on any atom is -0.480 e. The minimum atomic E-state index is -0.983. The summed E-state index contributed by atoms with van der Waals surface area (Å²) in [7, 11) is 0. The molecule has 2 N–H and O–H groups in total. The molecule has 1 heterocycles. The lowest BCUT2D eigenvalue weighted by atomic mass is 10.2. The van der Waals surface area contributed by atoms with Gasteiger partial charge < -0.3 is 20.1 Å². The summed E-state index contributed by atoms with van der Waals surface area (Å²) in [6.07, 6.45) is 3.23. The number of carbonyl (C=O) groups is 2. The summed E-state index contributed by atoms with van der Waals surface area (Å²) in [4.78, 5) is 24.7. The molecule has 0 aromatic heterocycles. The number of carboxylic acid groups (broad SMARTS) is 1. The van der Waals surface area contributed by atoms with Gasteiger partial charge in [-0.2, -0.15) is 0 Å². The highest BCUT2D eigenvalue weighted by atomic mass is 16.5. The van der Waals surface area contributed by atoms with Crippen LogP contribution < -0.4 is 5.32 Å². The van der Waals surface area contributed by atoms with Crippen LogP contribution in [-0.4, -0.2) is 53.8 Å². The van der Waals surface area contributed by atoms with Crippen LogP contribution in [0.4, 0.5) is 4.79 Å². The summed E-state index contributed by atoms with van der Waals surface area (Å²) in [5.74, 6) is -0.983. The standard InChI is InChI=1S/C13H24N2O4/c1-3-6-11(12(16)17)14-13(18)15(4-2)9-10-7-5-8-19-10/h10-11H,3-9H2,1-2H3,(H,14,18)(H,16,17)/t10?,11-/m1/s1. The van der Waals surface area contributed by atoms with Crippen LogP contribution in [0.1, 0.15) is 39.5 Å². The Morgan fingerprint density at radius 1 is 1.47 bits per heavy atom. The number of amides is 2. The zero-order valence-corrected chi connectivity index (χ0v) is 11.7. The number of carboxylic acids is 1. The second kappa shape index (κ2) is 7.99. The van der Waals surface area contributed by atoms with Gasteiger partial charge in [0.1, 0.15) is 6.04 Å². The second-order valence-corrected chi connectivity index (χ2v) is 4.80. The number of aliphatic carboxylic acids is 1. The summed E-state index contributed by atoms with van der Waals surface area (Å²) < 4.78 is 5.50. The van der Waals surface area contributed by atoms with Crippen LogP contribution in [0.15, 0.2) is 0 Å². The zero-order chi connectivity index (χ0) is 14.3. The van der Waals surface area contributed by atoms with Crippen molar-refractivity contribution >= 4 is 12.0 Å².